The second-order valence-corrected chi connectivity index (χ2v) is 7.60. The summed E-state index contributed by atoms with van der Waals surface area (Å²) in [7, 11) is 0. The molecule has 0 aliphatic heterocycles. The fourth-order valence-electron chi connectivity index (χ4n) is 4.08. The summed E-state index contributed by atoms with van der Waals surface area (Å²) < 4.78 is 39.7. The Morgan fingerprint density at radius 1 is 1.10 bits per heavy atom. The van der Waals surface area contributed by atoms with Gasteiger partial charge in [-0.2, -0.15) is 13.2 Å². The highest BCUT2D eigenvalue weighted by molar-refractivity contribution is 5.93. The van der Waals surface area contributed by atoms with Crippen LogP contribution in [0.2, 0.25) is 0 Å². The van der Waals surface area contributed by atoms with Crippen LogP contribution in [-0.4, -0.2) is 30.5 Å². The van der Waals surface area contributed by atoms with E-state index in [0.29, 0.717) is 12.5 Å². The second-order valence-electron chi connectivity index (χ2n) is 7.60. The summed E-state index contributed by atoms with van der Waals surface area (Å²) in [5.41, 5.74) is 4.06. The minimum Gasteiger partial charge on any atom is -0.346 e. The van der Waals surface area contributed by atoms with Gasteiger partial charge in [-0.05, 0) is 49.4 Å². The first-order chi connectivity index (χ1) is 14.5. The molecule has 0 saturated heterocycles. The normalized spacial score (nSPS) is 17.7. The van der Waals surface area contributed by atoms with Gasteiger partial charge in [0, 0.05) is 23.2 Å². The highest BCUT2D eigenvalue weighted by Crippen LogP contribution is 2.35. The molecule has 3 aromatic heterocycles. The van der Waals surface area contributed by atoms with Crippen LogP contribution in [0.1, 0.15) is 48.4 Å². The number of hydrogen-bond acceptors (Lipinski definition) is 4. The monoisotopic (exact) mass is 412 g/mol. The molecule has 30 heavy (non-hydrogen) atoms. The van der Waals surface area contributed by atoms with E-state index in [1.807, 2.05) is 12.3 Å². The minimum absolute atomic E-state index is 0.299. The summed E-state index contributed by atoms with van der Waals surface area (Å²) in [5, 5.41) is 9.66. The van der Waals surface area contributed by atoms with E-state index >= 15 is 0 Å². The zero-order chi connectivity index (χ0) is 20.7. The Hall–Kier alpha value is -3.23. The number of H-pyrrole nitrogens is 1. The van der Waals surface area contributed by atoms with Gasteiger partial charge in [-0.15, -0.1) is 5.10 Å². The predicted molar refractivity (Wildman–Crippen MR) is 106 cm³/mol. The molecule has 0 spiro atoms. The summed E-state index contributed by atoms with van der Waals surface area (Å²) in [5.74, 6) is 0.299. The van der Waals surface area contributed by atoms with Crippen molar-refractivity contribution in [3.8, 4) is 0 Å². The van der Waals surface area contributed by atoms with Crippen molar-refractivity contribution in [3.63, 3.8) is 0 Å². The summed E-state index contributed by atoms with van der Waals surface area (Å²) in [4.78, 5) is 12.1. The van der Waals surface area contributed by atoms with Crippen LogP contribution in [0.5, 0.6) is 0 Å². The van der Waals surface area contributed by atoms with Crippen LogP contribution in [0.15, 0.2) is 47.8 Å². The second kappa shape index (κ2) is 7.23. The quantitative estimate of drug-likeness (QED) is 0.519. The first kappa shape index (κ1) is 18.8. The number of aromatic amines is 1. The molecule has 9 heteroatoms. The van der Waals surface area contributed by atoms with E-state index in [2.05, 4.69) is 25.3 Å². The van der Waals surface area contributed by atoms with Gasteiger partial charge in [-0.3, -0.25) is 4.99 Å². The lowest BCUT2D eigenvalue weighted by atomic mass is 9.85. The summed E-state index contributed by atoms with van der Waals surface area (Å²) in [6.45, 7) is 0.405. The lowest BCUT2D eigenvalue weighted by molar-refractivity contribution is -0.137. The molecule has 1 aliphatic rings. The fraction of sp³-hybridized carbons (Fsp3) is 0.333. The average molecular weight is 412 g/mol. The van der Waals surface area contributed by atoms with Gasteiger partial charge in [0.2, 0.25) is 0 Å². The Morgan fingerprint density at radius 2 is 1.87 bits per heavy atom. The number of hydrogen-bond donors (Lipinski definition) is 1. The molecule has 4 aromatic rings. The van der Waals surface area contributed by atoms with Crippen molar-refractivity contribution in [2.45, 2.75) is 44.3 Å². The number of alkyl halides is 3. The Balaban J connectivity index is 1.28. The summed E-state index contributed by atoms with van der Waals surface area (Å²) in [6, 6.07) is 7.21. The number of aliphatic imine (C=N–C) groups is 1. The number of fused-ring (bicyclic) bond motifs is 3. The van der Waals surface area contributed by atoms with E-state index in [1.54, 1.807) is 10.8 Å². The van der Waals surface area contributed by atoms with Crippen LogP contribution in [0.25, 0.3) is 16.6 Å². The molecule has 154 valence electrons. The molecule has 1 aliphatic carbocycles. The molecular formula is C21H19F3N6. The molecule has 3 heterocycles. The molecule has 1 aromatic carbocycles. The van der Waals surface area contributed by atoms with Crippen molar-refractivity contribution in [1.82, 2.24) is 24.8 Å². The van der Waals surface area contributed by atoms with E-state index in [9.17, 15) is 13.2 Å². The van der Waals surface area contributed by atoms with Gasteiger partial charge in [0.1, 0.15) is 17.5 Å². The zero-order valence-corrected chi connectivity index (χ0v) is 16.0. The molecule has 6 nitrogen and oxygen atoms in total. The first-order valence-electron chi connectivity index (χ1n) is 9.84. The number of aromatic nitrogens is 5. The van der Waals surface area contributed by atoms with Gasteiger partial charge in [0.25, 0.3) is 0 Å². The third kappa shape index (κ3) is 3.44. The van der Waals surface area contributed by atoms with Gasteiger partial charge in [-0.25, -0.2) is 9.50 Å². The van der Waals surface area contributed by atoms with Crippen molar-refractivity contribution in [2.24, 2.45) is 4.99 Å². The van der Waals surface area contributed by atoms with Crippen LogP contribution in [0.4, 0.5) is 13.2 Å². The maximum atomic E-state index is 12.7. The number of halogens is 3. The highest BCUT2D eigenvalue weighted by atomic mass is 19.4. The molecule has 1 fully saturated rings. The maximum Gasteiger partial charge on any atom is 0.416 e. The van der Waals surface area contributed by atoms with Gasteiger partial charge < -0.3 is 4.98 Å². The molecule has 1 saturated carbocycles. The SMILES string of the molecule is FC(F)(F)c1ccc(CN=C2CCC(c3nnn4cnc5[nH]ccc5c34)CC2)cc1. The topological polar surface area (TPSA) is 71.2 Å². The Bertz CT molecular complexity index is 1210. The van der Waals surface area contributed by atoms with Gasteiger partial charge in [0.15, 0.2) is 0 Å². The number of benzene rings is 1. The van der Waals surface area contributed by atoms with Gasteiger partial charge in [0.05, 0.1) is 17.8 Å². The molecule has 5 rings (SSSR count). The molecule has 0 bridgehead atoms. The smallest absolute Gasteiger partial charge is 0.346 e. The van der Waals surface area contributed by atoms with Gasteiger partial charge >= 0.3 is 6.18 Å². The number of rotatable bonds is 3. The Kier molecular flexibility index (Phi) is 4.52. The fourth-order valence-corrected chi connectivity index (χ4v) is 4.08. The van der Waals surface area contributed by atoms with Crippen LogP contribution >= 0.6 is 0 Å². The zero-order valence-electron chi connectivity index (χ0n) is 16.0. The van der Waals surface area contributed by atoms with Crippen LogP contribution in [-0.2, 0) is 12.7 Å². The van der Waals surface area contributed by atoms with E-state index in [1.165, 1.54) is 12.1 Å². The third-order valence-corrected chi connectivity index (χ3v) is 5.71. The number of nitrogens with zero attached hydrogens (tertiary/aromatic N) is 5. The third-order valence-electron chi connectivity index (χ3n) is 5.71. The lowest BCUT2D eigenvalue weighted by Crippen LogP contribution is -2.14. The van der Waals surface area contributed by atoms with Crippen molar-refractivity contribution in [2.75, 3.05) is 0 Å². The standard InChI is InChI=1S/C21H19F3N6/c22-21(23,24)15-5-1-13(2-6-15)11-26-16-7-3-14(4-8-16)18-19-17-9-10-25-20(17)27-12-30(19)29-28-18/h1-2,5-6,9-10,12,14,25H,3-4,7-8,11H2. The molecular weight excluding hydrogens is 393 g/mol. The molecule has 0 atom stereocenters. The molecule has 0 unspecified atom stereocenters. The van der Waals surface area contributed by atoms with Crippen LogP contribution < -0.4 is 0 Å². The van der Waals surface area contributed by atoms with E-state index in [4.69, 9.17) is 0 Å². The van der Waals surface area contributed by atoms with Crippen LogP contribution in [0.3, 0.4) is 0 Å². The largest absolute Gasteiger partial charge is 0.416 e. The van der Waals surface area contributed by atoms with Crippen molar-refractivity contribution < 1.29 is 13.2 Å². The van der Waals surface area contributed by atoms with Crippen LogP contribution in [0, 0.1) is 0 Å². The molecule has 0 amide bonds. The van der Waals surface area contributed by atoms with Crippen molar-refractivity contribution >= 4 is 22.3 Å². The summed E-state index contributed by atoms with van der Waals surface area (Å²) in [6.07, 6.45) is 2.78. The summed E-state index contributed by atoms with van der Waals surface area (Å²) >= 11 is 0. The Morgan fingerprint density at radius 3 is 2.60 bits per heavy atom. The predicted octanol–water partition coefficient (Wildman–Crippen LogP) is 4.92. The minimum atomic E-state index is -4.31. The van der Waals surface area contributed by atoms with Crippen molar-refractivity contribution in [3.05, 3.63) is 59.7 Å². The lowest BCUT2D eigenvalue weighted by Gasteiger charge is -2.21. The maximum absolute atomic E-state index is 12.7. The molecule has 1 N–H and O–H groups in total. The van der Waals surface area contributed by atoms with Crippen molar-refractivity contribution in [1.29, 1.82) is 0 Å². The first-order valence-corrected chi connectivity index (χ1v) is 9.84. The number of nitrogens with one attached hydrogen (secondary N) is 1. The van der Waals surface area contributed by atoms with Gasteiger partial charge in [-0.1, -0.05) is 17.3 Å². The van der Waals surface area contributed by atoms with E-state index in [-0.39, 0.29) is 0 Å². The van der Waals surface area contributed by atoms with E-state index < -0.39 is 11.7 Å². The molecule has 0 radical (unpaired) electrons. The average Bonchev–Trinajstić information content (AvgIpc) is 3.38. The Labute approximate surface area is 169 Å². The van der Waals surface area contributed by atoms with E-state index in [0.717, 1.165) is 71.3 Å². The highest BCUT2D eigenvalue weighted by Gasteiger charge is 2.30.